The van der Waals surface area contributed by atoms with Gasteiger partial charge in [-0.3, -0.25) is 4.79 Å². The Morgan fingerprint density at radius 1 is 1.28 bits per heavy atom. The Bertz CT molecular complexity index is 1060. The van der Waals surface area contributed by atoms with Gasteiger partial charge >= 0.3 is 0 Å². The molecule has 1 aromatic carbocycles. The van der Waals surface area contributed by atoms with Crippen molar-refractivity contribution in [3.8, 4) is 0 Å². The predicted molar refractivity (Wildman–Crippen MR) is 98.5 cm³/mol. The van der Waals surface area contributed by atoms with Gasteiger partial charge in [-0.2, -0.15) is 5.10 Å². The fourth-order valence-electron chi connectivity index (χ4n) is 3.04. The summed E-state index contributed by atoms with van der Waals surface area (Å²) >= 11 is 0. The van der Waals surface area contributed by atoms with E-state index in [-0.39, 0.29) is 11.9 Å². The van der Waals surface area contributed by atoms with E-state index in [1.165, 1.54) is 0 Å². The number of benzene rings is 1. The number of pyridine rings is 1. The lowest BCUT2D eigenvalue weighted by atomic mass is 10.1. The van der Waals surface area contributed by atoms with E-state index in [1.807, 2.05) is 41.2 Å². The van der Waals surface area contributed by atoms with E-state index in [9.17, 15) is 4.79 Å². The molecule has 0 aliphatic rings. The minimum atomic E-state index is -0.0674. The molecule has 6 heteroatoms. The van der Waals surface area contributed by atoms with Gasteiger partial charge < -0.3 is 10.3 Å². The van der Waals surface area contributed by atoms with Crippen LogP contribution in [0.15, 0.2) is 48.9 Å². The number of aromatic nitrogens is 4. The zero-order chi connectivity index (χ0) is 17.4. The number of nitrogens with zero attached hydrogens (tertiary/aromatic N) is 3. The number of H-pyrrole nitrogens is 1. The Labute approximate surface area is 144 Å². The highest BCUT2D eigenvalue weighted by Crippen LogP contribution is 2.21. The maximum Gasteiger partial charge on any atom is 0.228 e. The number of nitrogens with one attached hydrogen (secondary N) is 2. The van der Waals surface area contributed by atoms with Crippen molar-refractivity contribution < 1.29 is 4.79 Å². The van der Waals surface area contributed by atoms with Crippen LogP contribution in [0.2, 0.25) is 0 Å². The van der Waals surface area contributed by atoms with Gasteiger partial charge in [0.05, 0.1) is 24.5 Å². The van der Waals surface area contributed by atoms with Gasteiger partial charge in [-0.15, -0.1) is 0 Å². The van der Waals surface area contributed by atoms with E-state index < -0.39 is 0 Å². The highest BCUT2D eigenvalue weighted by atomic mass is 16.1. The third-order valence-corrected chi connectivity index (χ3v) is 4.23. The first kappa shape index (κ1) is 15.4. The van der Waals surface area contributed by atoms with Crippen LogP contribution in [0.5, 0.6) is 0 Å². The summed E-state index contributed by atoms with van der Waals surface area (Å²) in [5.41, 5.74) is 3.52. The van der Waals surface area contributed by atoms with Gasteiger partial charge in [0, 0.05) is 28.5 Å². The minimum absolute atomic E-state index is 0.0674. The lowest BCUT2D eigenvalue weighted by molar-refractivity contribution is -0.115. The molecule has 0 aliphatic carbocycles. The second-order valence-electron chi connectivity index (χ2n) is 6.40. The predicted octanol–water partition coefficient (Wildman–Crippen LogP) is 3.67. The van der Waals surface area contributed by atoms with E-state index >= 15 is 0 Å². The van der Waals surface area contributed by atoms with Crippen molar-refractivity contribution in [3.63, 3.8) is 0 Å². The lowest BCUT2D eigenvalue weighted by Crippen LogP contribution is -2.14. The monoisotopic (exact) mass is 333 g/mol. The Kier molecular flexibility index (Phi) is 3.72. The fraction of sp³-hybridized carbons (Fsp3) is 0.211. The van der Waals surface area contributed by atoms with Gasteiger partial charge in [0.15, 0.2) is 5.65 Å². The van der Waals surface area contributed by atoms with Crippen molar-refractivity contribution in [2.75, 3.05) is 5.32 Å². The summed E-state index contributed by atoms with van der Waals surface area (Å²) in [5.74, 6) is -0.0674. The smallest absolute Gasteiger partial charge is 0.228 e. The molecule has 3 aromatic heterocycles. The van der Waals surface area contributed by atoms with Gasteiger partial charge in [-0.25, -0.2) is 9.67 Å². The number of para-hydroxylation sites is 1. The molecule has 0 saturated carbocycles. The zero-order valence-electron chi connectivity index (χ0n) is 14.2. The number of carbonyl (C=O) groups excluding carboxylic acids is 1. The number of hydrogen-bond donors (Lipinski definition) is 2. The molecular weight excluding hydrogens is 314 g/mol. The number of rotatable bonds is 4. The van der Waals surface area contributed by atoms with E-state index in [2.05, 4.69) is 34.2 Å². The minimum Gasteiger partial charge on any atom is -0.361 e. The van der Waals surface area contributed by atoms with Crippen LogP contribution in [-0.2, 0) is 11.2 Å². The number of aromatic amines is 1. The second-order valence-corrected chi connectivity index (χ2v) is 6.40. The number of carbonyl (C=O) groups is 1. The van der Waals surface area contributed by atoms with Crippen LogP contribution in [0.3, 0.4) is 0 Å². The van der Waals surface area contributed by atoms with Gasteiger partial charge in [0.25, 0.3) is 0 Å². The molecule has 0 aliphatic heterocycles. The van der Waals surface area contributed by atoms with Crippen molar-refractivity contribution in [1.29, 1.82) is 0 Å². The van der Waals surface area contributed by atoms with Gasteiger partial charge in [0.2, 0.25) is 5.91 Å². The molecule has 1 amide bonds. The van der Waals surface area contributed by atoms with E-state index in [0.29, 0.717) is 12.1 Å². The zero-order valence-corrected chi connectivity index (χ0v) is 14.2. The average Bonchev–Trinajstić information content (AvgIpc) is 3.19. The largest absolute Gasteiger partial charge is 0.361 e. The standard InChI is InChI=1S/C19H19N5O/c1-12(2)24-19-14(10-22-24)7-15(11-21-19)23-18(25)8-13-9-20-17-6-4-3-5-16(13)17/h3-7,9-12,20H,8H2,1-2H3,(H,23,25). The molecule has 0 atom stereocenters. The van der Waals surface area contributed by atoms with E-state index in [1.54, 1.807) is 12.4 Å². The Morgan fingerprint density at radius 3 is 2.96 bits per heavy atom. The lowest BCUT2D eigenvalue weighted by Gasteiger charge is -2.07. The number of anilines is 1. The maximum atomic E-state index is 12.4. The Morgan fingerprint density at radius 2 is 2.12 bits per heavy atom. The highest BCUT2D eigenvalue weighted by molar-refractivity contribution is 5.96. The molecule has 0 unspecified atom stereocenters. The van der Waals surface area contributed by atoms with Crippen LogP contribution in [0.25, 0.3) is 21.9 Å². The third kappa shape index (κ3) is 2.87. The van der Waals surface area contributed by atoms with Crippen LogP contribution >= 0.6 is 0 Å². The summed E-state index contributed by atoms with van der Waals surface area (Å²) < 4.78 is 1.87. The van der Waals surface area contributed by atoms with Crippen molar-refractivity contribution in [3.05, 3.63) is 54.5 Å². The Balaban J connectivity index is 1.53. The molecular formula is C19H19N5O. The first-order chi connectivity index (χ1) is 12.1. The number of hydrogen-bond acceptors (Lipinski definition) is 3. The van der Waals surface area contributed by atoms with Gasteiger partial charge in [0.1, 0.15) is 0 Å². The van der Waals surface area contributed by atoms with Crippen molar-refractivity contribution in [2.24, 2.45) is 0 Å². The molecule has 25 heavy (non-hydrogen) atoms. The number of fused-ring (bicyclic) bond motifs is 2. The van der Waals surface area contributed by atoms with Crippen LogP contribution in [0.1, 0.15) is 25.5 Å². The first-order valence-electron chi connectivity index (χ1n) is 8.30. The molecule has 3 heterocycles. The molecule has 4 rings (SSSR count). The Hall–Kier alpha value is -3.15. The molecule has 0 radical (unpaired) electrons. The van der Waals surface area contributed by atoms with Crippen LogP contribution in [0, 0.1) is 0 Å². The van der Waals surface area contributed by atoms with Crippen LogP contribution in [0.4, 0.5) is 5.69 Å². The molecule has 0 bridgehead atoms. The second kappa shape index (κ2) is 6.05. The molecule has 6 nitrogen and oxygen atoms in total. The van der Waals surface area contributed by atoms with Crippen molar-refractivity contribution in [1.82, 2.24) is 19.7 Å². The van der Waals surface area contributed by atoms with Gasteiger partial charge in [-0.1, -0.05) is 18.2 Å². The summed E-state index contributed by atoms with van der Waals surface area (Å²) in [6.07, 6.45) is 5.65. The summed E-state index contributed by atoms with van der Waals surface area (Å²) in [6, 6.07) is 10.1. The van der Waals surface area contributed by atoms with Crippen LogP contribution in [-0.4, -0.2) is 25.7 Å². The summed E-state index contributed by atoms with van der Waals surface area (Å²) in [7, 11) is 0. The fourth-order valence-corrected chi connectivity index (χ4v) is 3.04. The molecule has 126 valence electrons. The van der Waals surface area contributed by atoms with E-state index in [0.717, 1.165) is 27.5 Å². The first-order valence-corrected chi connectivity index (χ1v) is 8.30. The SMILES string of the molecule is CC(C)n1ncc2cc(NC(=O)Cc3c[nH]c4ccccc34)cnc21. The molecule has 0 fully saturated rings. The summed E-state index contributed by atoms with van der Waals surface area (Å²) in [6.45, 7) is 4.12. The third-order valence-electron chi connectivity index (χ3n) is 4.23. The van der Waals surface area contributed by atoms with Crippen molar-refractivity contribution in [2.45, 2.75) is 26.3 Å². The van der Waals surface area contributed by atoms with Gasteiger partial charge in [-0.05, 0) is 31.5 Å². The molecule has 4 aromatic rings. The molecule has 0 saturated heterocycles. The summed E-state index contributed by atoms with van der Waals surface area (Å²) in [5, 5.41) is 9.26. The number of amides is 1. The van der Waals surface area contributed by atoms with E-state index in [4.69, 9.17) is 0 Å². The summed E-state index contributed by atoms with van der Waals surface area (Å²) in [4.78, 5) is 20.0. The molecule has 2 N–H and O–H groups in total. The average molecular weight is 333 g/mol. The highest BCUT2D eigenvalue weighted by Gasteiger charge is 2.11. The van der Waals surface area contributed by atoms with Crippen LogP contribution < -0.4 is 5.32 Å². The normalized spacial score (nSPS) is 11.5. The van der Waals surface area contributed by atoms with Crippen molar-refractivity contribution >= 4 is 33.5 Å². The molecule has 0 spiro atoms. The topological polar surface area (TPSA) is 75.6 Å². The maximum absolute atomic E-state index is 12.4. The quantitative estimate of drug-likeness (QED) is 0.598.